The first kappa shape index (κ1) is 23.3. The first-order valence-electron chi connectivity index (χ1n) is 10.7. The summed E-state index contributed by atoms with van der Waals surface area (Å²) < 4.78 is 5.87. The minimum atomic E-state index is 0. The van der Waals surface area contributed by atoms with Crippen LogP contribution in [-0.2, 0) is 0 Å². The molecule has 0 fully saturated rings. The van der Waals surface area contributed by atoms with Crippen molar-refractivity contribution in [3.8, 4) is 28.5 Å². The quantitative estimate of drug-likeness (QED) is 0.205. The van der Waals surface area contributed by atoms with Crippen molar-refractivity contribution in [2.75, 3.05) is 27.2 Å². The highest BCUT2D eigenvalue weighted by Gasteiger charge is 2.11. The van der Waals surface area contributed by atoms with Gasteiger partial charge in [-0.05, 0) is 62.6 Å². The number of aromatic amines is 2. The van der Waals surface area contributed by atoms with Crippen LogP contribution in [-0.4, -0.2) is 57.9 Å². The summed E-state index contributed by atoms with van der Waals surface area (Å²) in [5.74, 6) is 2.39. The Kier molecular flexibility index (Phi) is 6.54. The zero-order valence-corrected chi connectivity index (χ0v) is 19.7. The summed E-state index contributed by atoms with van der Waals surface area (Å²) in [6.45, 7) is 1.49. The van der Waals surface area contributed by atoms with E-state index in [0.717, 1.165) is 57.1 Å². The average molecular weight is 476 g/mol. The van der Waals surface area contributed by atoms with Crippen LogP contribution in [0.25, 0.3) is 44.8 Å². The molecular weight excluding hydrogens is 450 g/mol. The van der Waals surface area contributed by atoms with Gasteiger partial charge >= 0.3 is 0 Å². The zero-order chi connectivity index (χ0) is 22.9. The normalized spacial score (nSPS) is 11.1. The molecule has 0 aliphatic carbocycles. The number of hydrogen-bond donors (Lipinski definition) is 4. The fraction of sp³-hybridized carbons (Fsp3) is 0.160. The van der Waals surface area contributed by atoms with Crippen molar-refractivity contribution < 1.29 is 4.74 Å². The van der Waals surface area contributed by atoms with Crippen molar-refractivity contribution in [1.29, 1.82) is 5.41 Å². The number of nitrogen functional groups attached to an aromatic ring is 1. The lowest BCUT2D eigenvalue weighted by molar-refractivity contribution is 0.261. The third kappa shape index (κ3) is 4.73. The van der Waals surface area contributed by atoms with Gasteiger partial charge in [-0.25, -0.2) is 9.97 Å². The molecule has 0 amide bonds. The molecule has 5 N–H and O–H groups in total. The van der Waals surface area contributed by atoms with Crippen molar-refractivity contribution in [3.63, 3.8) is 0 Å². The average Bonchev–Trinajstić information content (AvgIpc) is 3.42. The molecule has 8 nitrogen and oxygen atoms in total. The molecule has 0 saturated heterocycles. The molecule has 34 heavy (non-hydrogen) atoms. The number of hydrogen-bond acceptors (Lipinski definition) is 5. The van der Waals surface area contributed by atoms with E-state index in [-0.39, 0.29) is 18.2 Å². The van der Waals surface area contributed by atoms with Crippen molar-refractivity contribution in [3.05, 3.63) is 66.2 Å². The van der Waals surface area contributed by atoms with Gasteiger partial charge in [0.05, 0.1) is 22.1 Å². The van der Waals surface area contributed by atoms with Gasteiger partial charge in [-0.2, -0.15) is 0 Å². The summed E-state index contributed by atoms with van der Waals surface area (Å²) in [5.41, 5.74) is 11.7. The number of aromatic nitrogens is 4. The van der Waals surface area contributed by atoms with E-state index in [0.29, 0.717) is 12.2 Å². The number of nitrogens with one attached hydrogen (secondary N) is 3. The summed E-state index contributed by atoms with van der Waals surface area (Å²) in [6.07, 6.45) is 0. The van der Waals surface area contributed by atoms with Crippen LogP contribution in [0.1, 0.15) is 5.56 Å². The van der Waals surface area contributed by atoms with Gasteiger partial charge in [0, 0.05) is 23.2 Å². The van der Waals surface area contributed by atoms with Gasteiger partial charge in [-0.15, -0.1) is 12.4 Å². The van der Waals surface area contributed by atoms with Crippen molar-refractivity contribution in [1.82, 2.24) is 24.8 Å². The highest BCUT2D eigenvalue weighted by atomic mass is 35.5. The second-order valence-corrected chi connectivity index (χ2v) is 8.23. The number of H-pyrrole nitrogens is 2. The summed E-state index contributed by atoms with van der Waals surface area (Å²) in [5, 5.41) is 7.63. The summed E-state index contributed by atoms with van der Waals surface area (Å²) in [4.78, 5) is 18.3. The molecule has 0 atom stereocenters. The van der Waals surface area contributed by atoms with Gasteiger partial charge < -0.3 is 25.3 Å². The van der Waals surface area contributed by atoms with Crippen molar-refractivity contribution in [2.24, 2.45) is 5.73 Å². The lowest BCUT2D eigenvalue weighted by Gasteiger charge is -2.11. The molecule has 0 radical (unpaired) electrons. The molecule has 5 aromatic rings. The van der Waals surface area contributed by atoms with Crippen LogP contribution in [0.15, 0.2) is 60.7 Å². The third-order valence-corrected chi connectivity index (χ3v) is 5.46. The largest absolute Gasteiger partial charge is 0.492 e. The van der Waals surface area contributed by atoms with Crippen LogP contribution in [0.4, 0.5) is 0 Å². The number of fused-ring (bicyclic) bond motifs is 2. The Morgan fingerprint density at radius 1 is 0.912 bits per heavy atom. The zero-order valence-electron chi connectivity index (χ0n) is 18.9. The second-order valence-electron chi connectivity index (χ2n) is 8.23. The highest BCUT2D eigenvalue weighted by Crippen LogP contribution is 2.28. The van der Waals surface area contributed by atoms with Gasteiger partial charge in [0.25, 0.3) is 0 Å². The lowest BCUT2D eigenvalue weighted by atomic mass is 10.2. The van der Waals surface area contributed by atoms with Crippen LogP contribution >= 0.6 is 12.4 Å². The Morgan fingerprint density at radius 2 is 1.56 bits per heavy atom. The third-order valence-electron chi connectivity index (χ3n) is 5.46. The molecule has 0 aliphatic heterocycles. The van der Waals surface area contributed by atoms with Gasteiger partial charge in [-0.3, -0.25) is 5.41 Å². The number of amidine groups is 1. The summed E-state index contributed by atoms with van der Waals surface area (Å²) in [6, 6.07) is 19.5. The van der Waals surface area contributed by atoms with E-state index in [1.807, 2.05) is 68.7 Å². The fourth-order valence-corrected chi connectivity index (χ4v) is 3.69. The monoisotopic (exact) mass is 475 g/mol. The number of benzene rings is 3. The maximum atomic E-state index is 7.63. The van der Waals surface area contributed by atoms with Gasteiger partial charge in [0.15, 0.2) is 0 Å². The number of ether oxygens (including phenoxy) is 1. The van der Waals surface area contributed by atoms with E-state index in [2.05, 4.69) is 19.9 Å². The maximum absolute atomic E-state index is 7.63. The first-order chi connectivity index (χ1) is 16.0. The number of imidazole rings is 2. The van der Waals surface area contributed by atoms with Crippen molar-refractivity contribution >= 4 is 40.3 Å². The molecule has 0 aliphatic rings. The van der Waals surface area contributed by atoms with Crippen LogP contribution in [0.3, 0.4) is 0 Å². The highest BCUT2D eigenvalue weighted by molar-refractivity contribution is 5.98. The molecule has 2 heterocycles. The maximum Gasteiger partial charge on any atom is 0.138 e. The molecule has 174 valence electrons. The van der Waals surface area contributed by atoms with E-state index in [1.165, 1.54) is 0 Å². The smallest absolute Gasteiger partial charge is 0.138 e. The molecule has 0 saturated carbocycles. The van der Waals surface area contributed by atoms with Crippen molar-refractivity contribution in [2.45, 2.75) is 0 Å². The summed E-state index contributed by atoms with van der Waals surface area (Å²) in [7, 11) is 4.05. The predicted molar refractivity (Wildman–Crippen MR) is 139 cm³/mol. The topological polar surface area (TPSA) is 120 Å². The Bertz CT molecular complexity index is 1470. The Hall–Kier alpha value is -3.88. The number of nitrogens with two attached hydrogens (primary N) is 1. The Balaban J connectivity index is 0.00000274. The van der Waals surface area contributed by atoms with Gasteiger partial charge in [0.1, 0.15) is 29.8 Å². The van der Waals surface area contributed by atoms with E-state index in [4.69, 9.17) is 20.9 Å². The minimum absolute atomic E-state index is 0. The standard InChI is InChI=1S/C25H25N7O.ClH/c1-32(2)10-11-33-18-5-3-4-16(12-18)24-28-20-9-7-17(14-22(20)31-24)25-29-19-8-6-15(23(26)27)13-21(19)30-25;/h3-9,12-14H,10-11H2,1-2H3,(H3,26,27)(H,28,31)(H,29,30);1H. The molecule has 0 spiro atoms. The van der Waals surface area contributed by atoms with Crippen LogP contribution < -0.4 is 10.5 Å². The van der Waals surface area contributed by atoms with E-state index in [1.54, 1.807) is 6.07 Å². The van der Waals surface area contributed by atoms with Crippen LogP contribution in [0.2, 0.25) is 0 Å². The molecule has 5 rings (SSSR count). The second kappa shape index (κ2) is 9.54. The van der Waals surface area contributed by atoms with Gasteiger partial charge in [-0.1, -0.05) is 12.1 Å². The van der Waals surface area contributed by atoms with Gasteiger partial charge in [0.2, 0.25) is 0 Å². The predicted octanol–water partition coefficient (Wildman–Crippen LogP) is 4.42. The first-order valence-corrected chi connectivity index (χ1v) is 10.7. The number of nitrogens with zero attached hydrogens (tertiary/aromatic N) is 3. The fourth-order valence-electron chi connectivity index (χ4n) is 3.69. The molecule has 9 heteroatoms. The van der Waals surface area contributed by atoms with Crippen LogP contribution in [0, 0.1) is 5.41 Å². The number of rotatable bonds is 7. The lowest BCUT2D eigenvalue weighted by Crippen LogP contribution is -2.19. The Morgan fingerprint density at radius 3 is 2.24 bits per heavy atom. The minimum Gasteiger partial charge on any atom is -0.492 e. The molecule has 2 aromatic heterocycles. The number of likely N-dealkylation sites (N-methyl/N-ethyl adjacent to an activating group) is 1. The molecule has 0 bridgehead atoms. The van der Waals surface area contributed by atoms with E-state index in [9.17, 15) is 0 Å². The van der Waals surface area contributed by atoms with E-state index >= 15 is 0 Å². The molecule has 0 unspecified atom stereocenters. The van der Waals surface area contributed by atoms with E-state index < -0.39 is 0 Å². The SMILES string of the molecule is CN(C)CCOc1cccc(-c2nc3ccc(-c4nc5ccc(C(=N)N)cc5[nH]4)cc3[nH]2)c1.Cl. The number of halogens is 1. The summed E-state index contributed by atoms with van der Waals surface area (Å²) >= 11 is 0. The van der Waals surface area contributed by atoms with Crippen LogP contribution in [0.5, 0.6) is 5.75 Å². The Labute approximate surface area is 203 Å². The molecule has 3 aromatic carbocycles. The molecular formula is C25H26ClN7O.